The fourth-order valence-electron chi connectivity index (χ4n) is 4.57. The minimum absolute atomic E-state index is 0.166. The molecule has 2 aliphatic heterocycles. The average Bonchev–Trinajstić information content (AvgIpc) is 3.12. The van der Waals surface area contributed by atoms with Gasteiger partial charge in [-0.15, -0.1) is 0 Å². The van der Waals surface area contributed by atoms with Crippen molar-refractivity contribution in [1.29, 1.82) is 0 Å². The van der Waals surface area contributed by atoms with Gasteiger partial charge in [-0.2, -0.15) is 0 Å². The third-order valence-electron chi connectivity index (χ3n) is 6.02. The highest BCUT2D eigenvalue weighted by Crippen LogP contribution is 2.50. The third kappa shape index (κ3) is 2.43. The molecular weight excluding hydrogens is 334 g/mol. The van der Waals surface area contributed by atoms with Crippen molar-refractivity contribution >= 4 is 5.97 Å². The summed E-state index contributed by atoms with van der Waals surface area (Å²) in [5.74, 6) is 0.195. The molecule has 4 atom stereocenters. The number of likely N-dealkylation sites (N-methyl/N-ethyl adjacent to an activating group) is 1. The molecule has 140 valence electrons. The highest BCUT2D eigenvalue weighted by Gasteiger charge is 2.56. The molecule has 6 heteroatoms. The van der Waals surface area contributed by atoms with Crippen LogP contribution in [0.4, 0.5) is 0 Å². The van der Waals surface area contributed by atoms with E-state index in [2.05, 4.69) is 30.2 Å². The van der Waals surface area contributed by atoms with Crippen LogP contribution < -0.4 is 9.47 Å². The first-order chi connectivity index (χ1) is 12.4. The third-order valence-corrected chi connectivity index (χ3v) is 6.02. The van der Waals surface area contributed by atoms with E-state index in [1.807, 2.05) is 12.1 Å². The normalized spacial score (nSPS) is 36.2. The Balaban J connectivity index is 1.76. The number of carbonyl (C=O) groups excluding carboxylic acids is 1. The predicted molar refractivity (Wildman–Crippen MR) is 95.4 cm³/mol. The quantitative estimate of drug-likeness (QED) is 0.610. The molecule has 0 saturated carbocycles. The second kappa shape index (κ2) is 5.99. The van der Waals surface area contributed by atoms with Gasteiger partial charge in [0.15, 0.2) is 17.6 Å². The Kier molecular flexibility index (Phi) is 4.00. The maximum absolute atomic E-state index is 11.9. The van der Waals surface area contributed by atoms with Gasteiger partial charge in [0.25, 0.3) is 0 Å². The minimum atomic E-state index is -0.945. The van der Waals surface area contributed by atoms with E-state index in [0.29, 0.717) is 12.2 Å². The largest absolute Gasteiger partial charge is 0.493 e. The van der Waals surface area contributed by atoms with Crippen molar-refractivity contribution in [3.8, 4) is 11.5 Å². The Morgan fingerprint density at radius 3 is 2.62 bits per heavy atom. The van der Waals surface area contributed by atoms with Gasteiger partial charge in [-0.25, -0.2) is 4.79 Å². The molecule has 2 fully saturated rings. The van der Waals surface area contributed by atoms with E-state index in [0.717, 1.165) is 18.7 Å². The zero-order valence-electron chi connectivity index (χ0n) is 15.7. The lowest BCUT2D eigenvalue weighted by Gasteiger charge is -2.43. The smallest absolute Gasteiger partial charge is 0.337 e. The zero-order chi connectivity index (χ0) is 18.5. The molecule has 1 spiro atoms. The first-order valence-corrected chi connectivity index (χ1v) is 8.97. The summed E-state index contributed by atoms with van der Waals surface area (Å²) in [4.78, 5) is 14.2. The van der Waals surface area contributed by atoms with E-state index < -0.39 is 11.9 Å². The number of hydrogen-bond acceptors (Lipinski definition) is 6. The fraction of sp³-hybridized carbons (Fsp3) is 0.550. The second-order valence-electron chi connectivity index (χ2n) is 7.39. The lowest BCUT2D eigenvalue weighted by Crippen LogP contribution is -2.50. The van der Waals surface area contributed by atoms with Crippen molar-refractivity contribution in [3.63, 3.8) is 0 Å². The Hall–Kier alpha value is -2.05. The molecule has 0 bridgehead atoms. The summed E-state index contributed by atoms with van der Waals surface area (Å²) in [6.07, 6.45) is 5.17. The van der Waals surface area contributed by atoms with Crippen LogP contribution in [0.2, 0.25) is 0 Å². The lowest BCUT2D eigenvalue weighted by molar-refractivity contribution is -0.165. The molecule has 1 aromatic rings. The first kappa shape index (κ1) is 17.4. The summed E-state index contributed by atoms with van der Waals surface area (Å²) in [6, 6.07) is 6.27. The number of methoxy groups -OCH3 is 2. The highest BCUT2D eigenvalue weighted by atomic mass is 16.8. The number of rotatable bonds is 3. The van der Waals surface area contributed by atoms with Gasteiger partial charge in [0.1, 0.15) is 0 Å². The second-order valence-corrected chi connectivity index (χ2v) is 7.39. The summed E-state index contributed by atoms with van der Waals surface area (Å²) in [6.45, 7) is 2.70. The van der Waals surface area contributed by atoms with E-state index in [1.54, 1.807) is 21.1 Å². The molecule has 6 nitrogen and oxygen atoms in total. The first-order valence-electron chi connectivity index (χ1n) is 8.97. The topological polar surface area (TPSA) is 57.2 Å². The molecule has 26 heavy (non-hydrogen) atoms. The highest BCUT2D eigenvalue weighted by molar-refractivity contribution is 5.76. The van der Waals surface area contributed by atoms with Crippen LogP contribution in [0.1, 0.15) is 25.3 Å². The van der Waals surface area contributed by atoms with Crippen molar-refractivity contribution in [2.75, 3.05) is 27.8 Å². The molecule has 1 unspecified atom stereocenters. The number of ether oxygens (including phenoxy) is 4. The monoisotopic (exact) mass is 359 g/mol. The molecule has 0 amide bonds. The van der Waals surface area contributed by atoms with Crippen LogP contribution >= 0.6 is 0 Å². The van der Waals surface area contributed by atoms with E-state index in [-0.39, 0.29) is 17.4 Å². The maximum atomic E-state index is 11.9. The number of likely N-dealkylation sites (tertiary alicyclic amines) is 1. The molecule has 2 heterocycles. The molecule has 4 rings (SSSR count). The number of hydrogen-bond donors (Lipinski definition) is 0. The SMILES string of the molecule is COc1ccc([C@@]23C=CC4(C[C@@H]2N(C)CC3)OC(=O)[C@H](C)O4)cc1OC. The standard InChI is InChI=1S/C20H25NO5/c1-13-18(22)26-20(25-13)8-7-19(9-10-21(2)17(19)12-20)14-5-6-15(23-3)16(11-14)24-4/h5-8,11,13,17H,9-10,12H2,1-4H3/t13-,17-,19-,20?/m0/s1. The number of benzene rings is 1. The molecule has 2 saturated heterocycles. The van der Waals surface area contributed by atoms with E-state index in [4.69, 9.17) is 18.9 Å². The molecule has 0 radical (unpaired) electrons. The van der Waals surface area contributed by atoms with Crippen LogP contribution in [-0.2, 0) is 19.7 Å². The number of carbonyl (C=O) groups is 1. The fourth-order valence-corrected chi connectivity index (χ4v) is 4.57. The van der Waals surface area contributed by atoms with Gasteiger partial charge in [0.05, 0.1) is 14.2 Å². The van der Waals surface area contributed by atoms with Crippen molar-refractivity contribution in [3.05, 3.63) is 35.9 Å². The van der Waals surface area contributed by atoms with Crippen molar-refractivity contribution < 1.29 is 23.7 Å². The number of nitrogens with zero attached hydrogens (tertiary/aromatic N) is 1. The van der Waals surface area contributed by atoms with Gasteiger partial charge in [-0.3, -0.25) is 0 Å². The summed E-state index contributed by atoms with van der Waals surface area (Å²) < 4.78 is 22.4. The van der Waals surface area contributed by atoms with Crippen LogP contribution in [0.3, 0.4) is 0 Å². The Labute approximate surface area is 153 Å². The van der Waals surface area contributed by atoms with E-state index in [1.165, 1.54) is 5.56 Å². The summed E-state index contributed by atoms with van der Waals surface area (Å²) in [5, 5.41) is 0. The van der Waals surface area contributed by atoms with Crippen molar-refractivity contribution in [1.82, 2.24) is 4.90 Å². The minimum Gasteiger partial charge on any atom is -0.493 e. The average molecular weight is 359 g/mol. The molecule has 1 aliphatic carbocycles. The van der Waals surface area contributed by atoms with E-state index in [9.17, 15) is 4.79 Å². The van der Waals surface area contributed by atoms with Gasteiger partial charge in [-0.05, 0) is 50.7 Å². The summed E-state index contributed by atoms with van der Waals surface area (Å²) in [5.41, 5.74) is 1.01. The Morgan fingerprint density at radius 1 is 1.19 bits per heavy atom. The van der Waals surface area contributed by atoms with E-state index >= 15 is 0 Å². The Morgan fingerprint density at radius 2 is 1.96 bits per heavy atom. The maximum Gasteiger partial charge on any atom is 0.337 e. The van der Waals surface area contributed by atoms with Crippen LogP contribution in [0.15, 0.2) is 30.4 Å². The molecule has 3 aliphatic rings. The van der Waals surface area contributed by atoms with Gasteiger partial charge < -0.3 is 23.8 Å². The number of esters is 1. The van der Waals surface area contributed by atoms with Crippen LogP contribution in [0.25, 0.3) is 0 Å². The van der Waals surface area contributed by atoms with Gasteiger partial charge in [-0.1, -0.05) is 12.1 Å². The van der Waals surface area contributed by atoms with Crippen LogP contribution in [-0.4, -0.2) is 56.6 Å². The Bertz CT molecular complexity index is 763. The lowest BCUT2D eigenvalue weighted by atomic mass is 9.68. The predicted octanol–water partition coefficient (Wildman–Crippen LogP) is 2.26. The van der Waals surface area contributed by atoms with Crippen molar-refractivity contribution in [2.45, 2.75) is 43.1 Å². The van der Waals surface area contributed by atoms with Gasteiger partial charge in [0.2, 0.25) is 5.79 Å². The summed E-state index contributed by atoms with van der Waals surface area (Å²) >= 11 is 0. The van der Waals surface area contributed by atoms with Gasteiger partial charge >= 0.3 is 5.97 Å². The van der Waals surface area contributed by atoms with Crippen LogP contribution in [0.5, 0.6) is 11.5 Å². The number of fused-ring (bicyclic) bond motifs is 1. The zero-order valence-corrected chi connectivity index (χ0v) is 15.7. The molecular formula is C20H25NO5. The molecule has 1 aromatic carbocycles. The molecule has 0 aromatic heterocycles. The molecule has 0 N–H and O–H groups in total. The van der Waals surface area contributed by atoms with Crippen LogP contribution in [0, 0.1) is 0 Å². The van der Waals surface area contributed by atoms with Crippen molar-refractivity contribution in [2.24, 2.45) is 0 Å². The van der Waals surface area contributed by atoms with Gasteiger partial charge in [0, 0.05) is 17.9 Å². The summed E-state index contributed by atoms with van der Waals surface area (Å²) in [7, 11) is 5.40.